The van der Waals surface area contributed by atoms with Crippen molar-refractivity contribution in [3.05, 3.63) is 187 Å². The summed E-state index contributed by atoms with van der Waals surface area (Å²) in [7, 11) is 0. The van der Waals surface area contributed by atoms with Gasteiger partial charge in [-0.25, -0.2) is 0 Å². The molecule has 0 N–H and O–H groups in total. The van der Waals surface area contributed by atoms with Gasteiger partial charge in [-0.15, -0.1) is 0 Å². The molecular formula is C50H29N5. The van der Waals surface area contributed by atoms with Gasteiger partial charge in [0.15, 0.2) is 0 Å². The number of benzene rings is 8. The first-order valence-electron chi connectivity index (χ1n) is 18.3. The van der Waals surface area contributed by atoms with Crippen LogP contribution >= 0.6 is 0 Å². The molecule has 3 aromatic heterocycles. The van der Waals surface area contributed by atoms with Crippen LogP contribution in [0.2, 0.25) is 0 Å². The molecule has 0 amide bonds. The van der Waals surface area contributed by atoms with E-state index in [4.69, 9.17) is 0 Å². The van der Waals surface area contributed by atoms with Gasteiger partial charge >= 0.3 is 0 Å². The molecule has 11 rings (SSSR count). The van der Waals surface area contributed by atoms with Crippen LogP contribution in [0, 0.1) is 22.7 Å². The van der Waals surface area contributed by atoms with Crippen molar-refractivity contribution in [2.75, 3.05) is 0 Å². The average Bonchev–Trinajstić information content (AvgIpc) is 3.89. The molecule has 0 bridgehead atoms. The third-order valence-electron chi connectivity index (χ3n) is 11.1. The summed E-state index contributed by atoms with van der Waals surface area (Å²) >= 11 is 0. The van der Waals surface area contributed by atoms with E-state index in [1.165, 1.54) is 32.6 Å². The van der Waals surface area contributed by atoms with E-state index in [0.29, 0.717) is 11.1 Å². The Labute approximate surface area is 316 Å². The molecule has 8 aromatic carbocycles. The summed E-state index contributed by atoms with van der Waals surface area (Å²) in [5, 5.41) is 27.5. The minimum atomic E-state index is 0.577. The first-order valence-corrected chi connectivity index (χ1v) is 18.3. The highest BCUT2D eigenvalue weighted by molar-refractivity contribution is 6.16. The van der Waals surface area contributed by atoms with Crippen LogP contribution in [0.1, 0.15) is 11.1 Å². The third kappa shape index (κ3) is 4.39. The van der Waals surface area contributed by atoms with Crippen LogP contribution in [0.4, 0.5) is 0 Å². The average molecular weight is 700 g/mol. The summed E-state index contributed by atoms with van der Waals surface area (Å²) in [5.74, 6) is 0. The molecule has 11 aromatic rings. The predicted octanol–water partition coefficient (Wildman–Crippen LogP) is 12.4. The van der Waals surface area contributed by atoms with Crippen molar-refractivity contribution < 1.29 is 0 Å². The highest BCUT2D eigenvalue weighted by atomic mass is 15.0. The molecule has 5 nitrogen and oxygen atoms in total. The number of aromatic nitrogens is 3. The van der Waals surface area contributed by atoms with Gasteiger partial charge in [0.05, 0.1) is 61.7 Å². The van der Waals surface area contributed by atoms with E-state index in [0.717, 1.165) is 61.0 Å². The van der Waals surface area contributed by atoms with Gasteiger partial charge in [-0.1, -0.05) is 109 Å². The zero-order chi connectivity index (χ0) is 36.6. The maximum Gasteiger partial charge on any atom is 0.102 e. The predicted molar refractivity (Wildman–Crippen MR) is 224 cm³/mol. The zero-order valence-electron chi connectivity index (χ0n) is 29.5. The quantitative estimate of drug-likeness (QED) is 0.184. The topological polar surface area (TPSA) is 62.4 Å². The molecule has 0 fully saturated rings. The molecule has 5 heteroatoms. The van der Waals surface area contributed by atoms with E-state index < -0.39 is 0 Å². The van der Waals surface area contributed by atoms with E-state index in [9.17, 15) is 10.5 Å². The molecule has 0 radical (unpaired) electrons. The minimum absolute atomic E-state index is 0.577. The molecule has 0 aliphatic heterocycles. The van der Waals surface area contributed by atoms with Gasteiger partial charge in [0.1, 0.15) is 6.07 Å². The second-order valence-electron chi connectivity index (χ2n) is 13.9. The fourth-order valence-electron chi connectivity index (χ4n) is 8.82. The zero-order valence-corrected chi connectivity index (χ0v) is 29.5. The van der Waals surface area contributed by atoms with Gasteiger partial charge in [-0.3, -0.25) is 0 Å². The summed E-state index contributed by atoms with van der Waals surface area (Å²) in [6.07, 6.45) is 0. The Kier molecular flexibility index (Phi) is 6.61. The minimum Gasteiger partial charge on any atom is -0.309 e. The van der Waals surface area contributed by atoms with Crippen LogP contribution < -0.4 is 0 Å². The maximum atomic E-state index is 10.8. The van der Waals surface area contributed by atoms with Crippen molar-refractivity contribution in [2.45, 2.75) is 0 Å². The Hall–Kier alpha value is -7.86. The summed E-state index contributed by atoms with van der Waals surface area (Å²) in [4.78, 5) is 0. The highest BCUT2D eigenvalue weighted by Crippen LogP contribution is 2.41. The van der Waals surface area contributed by atoms with E-state index in [1.54, 1.807) is 0 Å². The Morgan fingerprint density at radius 3 is 1.49 bits per heavy atom. The lowest BCUT2D eigenvalue weighted by Crippen LogP contribution is -2.00. The SMILES string of the molecule is N#Cc1ccc2c3ccccc3n(-c3cccc(-c4ccc(-n5c6ccccc6c6c(-n7c8ccccc8c8ccccc87)cccc65)cc4)c3C#N)c2c1. The Bertz CT molecular complexity index is 3400. The first-order chi connectivity index (χ1) is 27.2. The lowest BCUT2D eigenvalue weighted by molar-refractivity contribution is 1.16. The summed E-state index contributed by atoms with van der Waals surface area (Å²) in [5.41, 5.74) is 12.4. The lowest BCUT2D eigenvalue weighted by Gasteiger charge is -2.14. The monoisotopic (exact) mass is 699 g/mol. The number of rotatable bonds is 4. The van der Waals surface area contributed by atoms with Crippen molar-refractivity contribution in [1.29, 1.82) is 10.5 Å². The number of fused-ring (bicyclic) bond motifs is 9. The molecule has 55 heavy (non-hydrogen) atoms. The van der Waals surface area contributed by atoms with E-state index >= 15 is 0 Å². The van der Waals surface area contributed by atoms with E-state index in [2.05, 4.69) is 153 Å². The third-order valence-corrected chi connectivity index (χ3v) is 11.1. The maximum absolute atomic E-state index is 10.8. The fraction of sp³-hybridized carbons (Fsp3) is 0. The van der Waals surface area contributed by atoms with Crippen molar-refractivity contribution in [2.24, 2.45) is 0 Å². The van der Waals surface area contributed by atoms with Gasteiger partial charge in [0.2, 0.25) is 0 Å². The van der Waals surface area contributed by atoms with Crippen LogP contribution in [-0.4, -0.2) is 13.7 Å². The van der Waals surface area contributed by atoms with Crippen molar-refractivity contribution in [3.63, 3.8) is 0 Å². The molecule has 0 atom stereocenters. The summed E-state index contributed by atoms with van der Waals surface area (Å²) in [6.45, 7) is 0. The standard InChI is InChI=1S/C50H29N5/c51-30-32-23-28-39-38-13-3-7-18-44(38)55(49(39)29-32)46-20-9-15-35(41(46)31-52)33-24-26-34(27-25-33)53-45-19-8-4-14-40(45)50-47(53)21-10-22-48(50)54-42-16-5-1-11-36(42)37-12-2-6-17-43(37)54/h1-29H. The first kappa shape index (κ1) is 30.7. The molecule has 0 aliphatic rings. The highest BCUT2D eigenvalue weighted by Gasteiger charge is 2.21. The summed E-state index contributed by atoms with van der Waals surface area (Å²) < 4.78 is 6.87. The molecule has 254 valence electrons. The van der Waals surface area contributed by atoms with Crippen molar-refractivity contribution >= 4 is 65.4 Å². The molecule has 0 saturated carbocycles. The number of hydrogen-bond donors (Lipinski definition) is 0. The second kappa shape index (κ2) is 11.8. The molecule has 0 aliphatic carbocycles. The smallest absolute Gasteiger partial charge is 0.102 e. The fourth-order valence-corrected chi connectivity index (χ4v) is 8.82. The van der Waals surface area contributed by atoms with Crippen molar-refractivity contribution in [1.82, 2.24) is 13.7 Å². The van der Waals surface area contributed by atoms with Crippen LogP contribution in [0.3, 0.4) is 0 Å². The molecule has 0 saturated heterocycles. The number of para-hydroxylation sites is 4. The molecule has 0 unspecified atom stereocenters. The van der Waals surface area contributed by atoms with Crippen LogP contribution in [0.25, 0.3) is 93.6 Å². The van der Waals surface area contributed by atoms with Crippen LogP contribution in [-0.2, 0) is 0 Å². The van der Waals surface area contributed by atoms with E-state index in [1.807, 2.05) is 48.5 Å². The second-order valence-corrected chi connectivity index (χ2v) is 13.9. The number of hydrogen-bond acceptors (Lipinski definition) is 2. The summed E-state index contributed by atoms with van der Waals surface area (Å²) in [6, 6.07) is 65.9. The number of nitriles is 2. The van der Waals surface area contributed by atoms with Gasteiger partial charge in [-0.05, 0) is 72.3 Å². The lowest BCUT2D eigenvalue weighted by atomic mass is 9.98. The van der Waals surface area contributed by atoms with Gasteiger partial charge in [0, 0.05) is 43.6 Å². The van der Waals surface area contributed by atoms with Gasteiger partial charge < -0.3 is 13.7 Å². The molecule has 3 heterocycles. The Morgan fingerprint density at radius 2 is 0.873 bits per heavy atom. The van der Waals surface area contributed by atoms with Crippen LogP contribution in [0.5, 0.6) is 0 Å². The molecule has 0 spiro atoms. The normalized spacial score (nSPS) is 11.6. The van der Waals surface area contributed by atoms with E-state index in [-0.39, 0.29) is 0 Å². The largest absolute Gasteiger partial charge is 0.309 e. The Balaban J connectivity index is 1.09. The molecular weight excluding hydrogens is 671 g/mol. The Morgan fingerprint density at radius 1 is 0.364 bits per heavy atom. The van der Waals surface area contributed by atoms with Gasteiger partial charge in [-0.2, -0.15) is 10.5 Å². The van der Waals surface area contributed by atoms with Crippen molar-refractivity contribution in [3.8, 4) is 40.3 Å². The van der Waals surface area contributed by atoms with Gasteiger partial charge in [0.25, 0.3) is 0 Å². The van der Waals surface area contributed by atoms with Crippen LogP contribution in [0.15, 0.2) is 176 Å². The number of nitrogens with zero attached hydrogens (tertiary/aromatic N) is 5.